The fourth-order valence-corrected chi connectivity index (χ4v) is 1.01. The minimum atomic E-state index is 0.239. The Kier molecular flexibility index (Phi) is 2.80. The summed E-state index contributed by atoms with van der Waals surface area (Å²) in [6.45, 7) is 0.239. The number of anilines is 1. The molecule has 5 heteroatoms. The van der Waals surface area contributed by atoms with E-state index in [2.05, 4.69) is 10.0 Å². The van der Waals surface area contributed by atoms with Crippen LogP contribution in [0.4, 0.5) is 5.69 Å². The minimum Gasteiger partial charge on any atom is -0.399 e. The van der Waals surface area contributed by atoms with Crippen LogP contribution in [0.25, 0.3) is 10.4 Å². The molecule has 4 nitrogen and oxygen atoms in total. The lowest BCUT2D eigenvalue weighted by molar-refractivity contribution is 1.05. The third-order valence-corrected chi connectivity index (χ3v) is 1.64. The number of hydrogen-bond donors (Lipinski definition) is 1. The van der Waals surface area contributed by atoms with Gasteiger partial charge in [0.1, 0.15) is 0 Å². The van der Waals surface area contributed by atoms with Crippen LogP contribution < -0.4 is 5.73 Å². The standard InChI is InChI=1S/C7H7ClN4/c8-6-1-2-7(9)5(3-6)4-11-12-10/h1-3H,4,9H2. The Bertz CT molecular complexity index is 330. The molecule has 1 rings (SSSR count). The zero-order valence-corrected chi connectivity index (χ0v) is 6.99. The van der Waals surface area contributed by atoms with Gasteiger partial charge in [-0.05, 0) is 29.3 Å². The number of nitrogen functional groups attached to an aromatic ring is 1. The molecule has 0 saturated heterocycles. The first kappa shape index (κ1) is 8.71. The van der Waals surface area contributed by atoms with Crippen LogP contribution in [0.15, 0.2) is 23.3 Å². The molecule has 0 spiro atoms. The van der Waals surface area contributed by atoms with E-state index in [1.54, 1.807) is 18.2 Å². The molecule has 2 N–H and O–H groups in total. The van der Waals surface area contributed by atoms with Crippen LogP contribution in [-0.4, -0.2) is 0 Å². The van der Waals surface area contributed by atoms with Gasteiger partial charge in [-0.25, -0.2) is 0 Å². The molecule has 1 aromatic rings. The Morgan fingerprint density at radius 3 is 3.00 bits per heavy atom. The molecule has 62 valence electrons. The molecule has 0 saturated carbocycles. The molecule has 0 aliphatic rings. The van der Waals surface area contributed by atoms with Gasteiger partial charge < -0.3 is 5.73 Å². The Morgan fingerprint density at radius 2 is 2.33 bits per heavy atom. The first-order chi connectivity index (χ1) is 5.74. The largest absolute Gasteiger partial charge is 0.399 e. The number of halogens is 1. The lowest BCUT2D eigenvalue weighted by Gasteiger charge is -2.01. The van der Waals surface area contributed by atoms with Crippen LogP contribution in [0.3, 0.4) is 0 Å². The van der Waals surface area contributed by atoms with Crippen molar-refractivity contribution in [3.8, 4) is 0 Å². The van der Waals surface area contributed by atoms with Crippen LogP contribution in [0.1, 0.15) is 5.56 Å². The normalized spacial score (nSPS) is 9.08. The first-order valence-corrected chi connectivity index (χ1v) is 3.66. The molecule has 0 amide bonds. The Balaban J connectivity index is 2.96. The van der Waals surface area contributed by atoms with E-state index in [0.717, 1.165) is 5.56 Å². The van der Waals surface area contributed by atoms with Gasteiger partial charge in [0, 0.05) is 15.6 Å². The molecular weight excluding hydrogens is 176 g/mol. The summed E-state index contributed by atoms with van der Waals surface area (Å²) in [5.74, 6) is 0. The lowest BCUT2D eigenvalue weighted by Crippen LogP contribution is -1.91. The van der Waals surface area contributed by atoms with E-state index in [1.165, 1.54) is 0 Å². The minimum absolute atomic E-state index is 0.239. The molecule has 0 bridgehead atoms. The van der Waals surface area contributed by atoms with Gasteiger partial charge >= 0.3 is 0 Å². The summed E-state index contributed by atoms with van der Waals surface area (Å²) in [7, 11) is 0. The van der Waals surface area contributed by atoms with Crippen molar-refractivity contribution in [2.45, 2.75) is 6.54 Å². The number of hydrogen-bond acceptors (Lipinski definition) is 2. The molecule has 0 atom stereocenters. The van der Waals surface area contributed by atoms with E-state index in [-0.39, 0.29) is 6.54 Å². The van der Waals surface area contributed by atoms with E-state index in [0.29, 0.717) is 10.7 Å². The van der Waals surface area contributed by atoms with E-state index in [1.807, 2.05) is 0 Å². The molecule has 0 radical (unpaired) electrons. The third kappa shape index (κ3) is 2.05. The first-order valence-electron chi connectivity index (χ1n) is 3.29. The van der Waals surface area contributed by atoms with Gasteiger partial charge in [-0.3, -0.25) is 0 Å². The van der Waals surface area contributed by atoms with E-state index in [9.17, 15) is 0 Å². The molecule has 0 aliphatic carbocycles. The second-order valence-electron chi connectivity index (χ2n) is 2.23. The van der Waals surface area contributed by atoms with Crippen molar-refractivity contribution in [1.29, 1.82) is 0 Å². The van der Waals surface area contributed by atoms with Gasteiger partial charge in [-0.2, -0.15) is 0 Å². The molecule has 0 aliphatic heterocycles. The SMILES string of the molecule is [N-]=[N+]=NCc1cc(Cl)ccc1N. The van der Waals surface area contributed by atoms with Gasteiger partial charge in [0.15, 0.2) is 0 Å². The number of azide groups is 1. The van der Waals surface area contributed by atoms with Crippen molar-refractivity contribution >= 4 is 17.3 Å². The van der Waals surface area contributed by atoms with Crippen LogP contribution in [-0.2, 0) is 6.54 Å². The maximum atomic E-state index is 8.07. The highest BCUT2D eigenvalue weighted by Crippen LogP contribution is 2.18. The highest BCUT2D eigenvalue weighted by Gasteiger charge is 1.97. The second kappa shape index (κ2) is 3.85. The number of benzene rings is 1. The molecule has 0 fully saturated rings. The topological polar surface area (TPSA) is 74.8 Å². The summed E-state index contributed by atoms with van der Waals surface area (Å²) in [5.41, 5.74) is 15.0. The number of nitrogens with zero attached hydrogens (tertiary/aromatic N) is 3. The zero-order chi connectivity index (χ0) is 8.97. The van der Waals surface area contributed by atoms with Gasteiger partial charge in [0.25, 0.3) is 0 Å². The van der Waals surface area contributed by atoms with Crippen molar-refractivity contribution in [2.24, 2.45) is 5.11 Å². The highest BCUT2D eigenvalue weighted by atomic mass is 35.5. The summed E-state index contributed by atoms with van der Waals surface area (Å²) in [5, 5.41) is 3.98. The summed E-state index contributed by atoms with van der Waals surface area (Å²) in [6.07, 6.45) is 0. The fraction of sp³-hybridized carbons (Fsp3) is 0.143. The lowest BCUT2D eigenvalue weighted by atomic mass is 10.2. The fourth-order valence-electron chi connectivity index (χ4n) is 0.819. The van der Waals surface area contributed by atoms with Crippen LogP contribution in [0.2, 0.25) is 5.02 Å². The monoisotopic (exact) mass is 182 g/mol. The second-order valence-corrected chi connectivity index (χ2v) is 2.67. The van der Waals surface area contributed by atoms with Crippen molar-refractivity contribution in [2.75, 3.05) is 5.73 Å². The van der Waals surface area contributed by atoms with Crippen LogP contribution in [0.5, 0.6) is 0 Å². The quantitative estimate of drug-likeness (QED) is 0.325. The summed E-state index contributed by atoms with van der Waals surface area (Å²) in [4.78, 5) is 2.63. The average molecular weight is 183 g/mol. The summed E-state index contributed by atoms with van der Waals surface area (Å²) < 4.78 is 0. The Hall–Kier alpha value is -1.38. The van der Waals surface area contributed by atoms with Gasteiger partial charge in [-0.1, -0.05) is 16.7 Å². The van der Waals surface area contributed by atoms with Crippen molar-refractivity contribution < 1.29 is 0 Å². The molecule has 0 heterocycles. The van der Waals surface area contributed by atoms with E-state index < -0.39 is 0 Å². The van der Waals surface area contributed by atoms with Crippen molar-refractivity contribution in [1.82, 2.24) is 0 Å². The summed E-state index contributed by atoms with van der Waals surface area (Å²) in [6, 6.07) is 5.06. The summed E-state index contributed by atoms with van der Waals surface area (Å²) >= 11 is 5.71. The Morgan fingerprint density at radius 1 is 1.58 bits per heavy atom. The van der Waals surface area contributed by atoms with Gasteiger partial charge in [-0.15, -0.1) is 0 Å². The van der Waals surface area contributed by atoms with Gasteiger partial charge in [0.05, 0.1) is 6.54 Å². The third-order valence-electron chi connectivity index (χ3n) is 1.41. The van der Waals surface area contributed by atoms with E-state index in [4.69, 9.17) is 22.9 Å². The zero-order valence-electron chi connectivity index (χ0n) is 6.24. The van der Waals surface area contributed by atoms with Crippen LogP contribution >= 0.6 is 11.6 Å². The average Bonchev–Trinajstić information content (AvgIpc) is 2.07. The predicted molar refractivity (Wildman–Crippen MR) is 48.7 cm³/mol. The number of rotatable bonds is 2. The highest BCUT2D eigenvalue weighted by molar-refractivity contribution is 6.30. The smallest absolute Gasteiger partial charge is 0.0531 e. The van der Waals surface area contributed by atoms with Crippen molar-refractivity contribution in [3.05, 3.63) is 39.2 Å². The van der Waals surface area contributed by atoms with Crippen LogP contribution in [0, 0.1) is 0 Å². The maximum Gasteiger partial charge on any atom is 0.0531 e. The maximum absolute atomic E-state index is 8.07. The number of nitrogens with two attached hydrogens (primary N) is 1. The molecule has 12 heavy (non-hydrogen) atoms. The van der Waals surface area contributed by atoms with Crippen molar-refractivity contribution in [3.63, 3.8) is 0 Å². The molecular formula is C7H7ClN4. The molecule has 0 aromatic heterocycles. The Labute approximate surface area is 74.6 Å². The van der Waals surface area contributed by atoms with Gasteiger partial charge in [0.2, 0.25) is 0 Å². The van der Waals surface area contributed by atoms with E-state index >= 15 is 0 Å². The molecule has 0 unspecified atom stereocenters. The predicted octanol–water partition coefficient (Wildman–Crippen LogP) is 2.73. The molecule has 1 aromatic carbocycles.